The summed E-state index contributed by atoms with van der Waals surface area (Å²) < 4.78 is 1.23. The lowest BCUT2D eigenvalue weighted by atomic mass is 10.2. The lowest BCUT2D eigenvalue weighted by Gasteiger charge is -1.97. The molecule has 3 nitrogen and oxygen atoms in total. The highest BCUT2D eigenvalue weighted by Crippen LogP contribution is 2.18. The Bertz CT molecular complexity index is 433. The zero-order valence-electron chi connectivity index (χ0n) is 8.20. The van der Waals surface area contributed by atoms with Gasteiger partial charge in [-0.15, -0.1) is 0 Å². The van der Waals surface area contributed by atoms with Gasteiger partial charge in [0.1, 0.15) is 5.82 Å². The first-order valence-electron chi connectivity index (χ1n) is 4.79. The molecule has 0 saturated heterocycles. The largest absolute Gasteiger partial charge is 0.342 e. The number of halogens is 1. The van der Waals surface area contributed by atoms with Gasteiger partial charge in [0, 0.05) is 9.99 Å². The third-order valence-electron chi connectivity index (χ3n) is 2.16. The van der Waals surface area contributed by atoms with Crippen LogP contribution in [0.15, 0.2) is 30.5 Å². The summed E-state index contributed by atoms with van der Waals surface area (Å²) in [7, 11) is 0. The van der Waals surface area contributed by atoms with Crippen LogP contribution in [0.4, 0.5) is 0 Å². The molecule has 0 amide bonds. The van der Waals surface area contributed by atoms with Crippen molar-refractivity contribution < 1.29 is 0 Å². The molecule has 78 valence electrons. The SMILES string of the molecule is NCCc1ncc(-c2ccc(I)cc2)[nH]1. The number of H-pyrrole nitrogens is 1. The molecule has 1 aromatic carbocycles. The first-order chi connectivity index (χ1) is 7.29. The number of imidazole rings is 1. The van der Waals surface area contributed by atoms with Crippen LogP contribution in [0.25, 0.3) is 11.3 Å². The molecule has 0 atom stereocenters. The van der Waals surface area contributed by atoms with Crippen molar-refractivity contribution in [2.45, 2.75) is 6.42 Å². The summed E-state index contributed by atoms with van der Waals surface area (Å²) in [5.41, 5.74) is 7.68. The van der Waals surface area contributed by atoms with E-state index in [1.807, 2.05) is 6.20 Å². The number of nitrogens with zero attached hydrogens (tertiary/aromatic N) is 1. The number of hydrogen-bond donors (Lipinski definition) is 2. The molecule has 0 aliphatic carbocycles. The van der Waals surface area contributed by atoms with Crippen molar-refractivity contribution in [2.75, 3.05) is 6.54 Å². The fourth-order valence-corrected chi connectivity index (χ4v) is 1.76. The lowest BCUT2D eigenvalue weighted by Crippen LogP contribution is -2.03. The third-order valence-corrected chi connectivity index (χ3v) is 2.88. The van der Waals surface area contributed by atoms with Gasteiger partial charge in [-0.2, -0.15) is 0 Å². The number of aromatic amines is 1. The van der Waals surface area contributed by atoms with E-state index in [1.54, 1.807) is 0 Å². The van der Waals surface area contributed by atoms with Gasteiger partial charge < -0.3 is 10.7 Å². The van der Waals surface area contributed by atoms with Crippen molar-refractivity contribution in [3.8, 4) is 11.3 Å². The van der Waals surface area contributed by atoms with Crippen molar-refractivity contribution in [1.82, 2.24) is 9.97 Å². The predicted molar refractivity (Wildman–Crippen MR) is 69.5 cm³/mol. The molecule has 15 heavy (non-hydrogen) atoms. The Hall–Kier alpha value is -0.880. The molecule has 1 heterocycles. The minimum Gasteiger partial charge on any atom is -0.342 e. The Labute approximate surface area is 102 Å². The molecule has 0 bridgehead atoms. The third kappa shape index (κ3) is 2.57. The highest BCUT2D eigenvalue weighted by molar-refractivity contribution is 14.1. The van der Waals surface area contributed by atoms with Crippen LogP contribution in [-0.2, 0) is 6.42 Å². The molecule has 0 radical (unpaired) electrons. The van der Waals surface area contributed by atoms with E-state index in [1.165, 1.54) is 3.57 Å². The van der Waals surface area contributed by atoms with Crippen LogP contribution in [0.3, 0.4) is 0 Å². The van der Waals surface area contributed by atoms with E-state index in [9.17, 15) is 0 Å². The van der Waals surface area contributed by atoms with Crippen LogP contribution in [0, 0.1) is 3.57 Å². The Kier molecular flexibility index (Phi) is 3.37. The highest BCUT2D eigenvalue weighted by atomic mass is 127. The van der Waals surface area contributed by atoms with E-state index in [2.05, 4.69) is 56.8 Å². The first-order valence-corrected chi connectivity index (χ1v) is 5.87. The molecule has 0 aliphatic rings. The fraction of sp³-hybridized carbons (Fsp3) is 0.182. The van der Waals surface area contributed by atoms with Gasteiger partial charge in [-0.25, -0.2) is 4.98 Å². The van der Waals surface area contributed by atoms with Crippen LogP contribution >= 0.6 is 22.6 Å². The second-order valence-corrected chi connectivity index (χ2v) is 4.53. The second-order valence-electron chi connectivity index (χ2n) is 3.29. The summed E-state index contributed by atoms with van der Waals surface area (Å²) in [6.45, 7) is 0.625. The van der Waals surface area contributed by atoms with Crippen LogP contribution in [0.1, 0.15) is 5.82 Å². The van der Waals surface area contributed by atoms with Crippen LogP contribution in [-0.4, -0.2) is 16.5 Å². The molecule has 0 spiro atoms. The smallest absolute Gasteiger partial charge is 0.107 e. The van der Waals surface area contributed by atoms with Crippen molar-refractivity contribution in [3.05, 3.63) is 39.9 Å². The maximum Gasteiger partial charge on any atom is 0.107 e. The van der Waals surface area contributed by atoms with E-state index in [4.69, 9.17) is 5.73 Å². The summed E-state index contributed by atoms with van der Waals surface area (Å²) in [6, 6.07) is 8.34. The second kappa shape index (κ2) is 4.76. The molecular formula is C11H12IN3. The molecule has 0 unspecified atom stereocenters. The quantitative estimate of drug-likeness (QED) is 0.854. The molecule has 1 aromatic heterocycles. The Morgan fingerprint density at radius 3 is 2.67 bits per heavy atom. The van der Waals surface area contributed by atoms with E-state index >= 15 is 0 Å². The minimum absolute atomic E-state index is 0.625. The fourth-order valence-electron chi connectivity index (χ4n) is 1.40. The molecule has 4 heteroatoms. The van der Waals surface area contributed by atoms with Gasteiger partial charge in [0.25, 0.3) is 0 Å². The van der Waals surface area contributed by atoms with Gasteiger partial charge in [0.2, 0.25) is 0 Å². The average molecular weight is 313 g/mol. The molecule has 2 aromatic rings. The van der Waals surface area contributed by atoms with Gasteiger partial charge in [-0.05, 0) is 46.8 Å². The molecule has 0 aliphatic heterocycles. The number of nitrogens with one attached hydrogen (secondary N) is 1. The summed E-state index contributed by atoms with van der Waals surface area (Å²) >= 11 is 2.29. The monoisotopic (exact) mass is 313 g/mol. The number of nitrogens with two attached hydrogens (primary N) is 1. The van der Waals surface area contributed by atoms with Gasteiger partial charge in [0.05, 0.1) is 11.9 Å². The molecular weight excluding hydrogens is 301 g/mol. The number of benzene rings is 1. The summed E-state index contributed by atoms with van der Waals surface area (Å²) in [4.78, 5) is 7.52. The van der Waals surface area contributed by atoms with Gasteiger partial charge in [-0.1, -0.05) is 12.1 Å². The van der Waals surface area contributed by atoms with Crippen LogP contribution < -0.4 is 5.73 Å². The number of aromatic nitrogens is 2. The molecule has 0 saturated carbocycles. The summed E-state index contributed by atoms with van der Waals surface area (Å²) in [5.74, 6) is 0.950. The van der Waals surface area contributed by atoms with Crippen molar-refractivity contribution in [2.24, 2.45) is 5.73 Å². The van der Waals surface area contributed by atoms with Crippen LogP contribution in [0.2, 0.25) is 0 Å². The van der Waals surface area contributed by atoms with Crippen molar-refractivity contribution in [3.63, 3.8) is 0 Å². The Morgan fingerprint density at radius 2 is 2.00 bits per heavy atom. The molecule has 0 fully saturated rings. The van der Waals surface area contributed by atoms with Crippen molar-refractivity contribution in [1.29, 1.82) is 0 Å². The standard InChI is InChI=1S/C11H12IN3/c12-9-3-1-8(2-4-9)10-7-14-11(15-10)5-6-13/h1-4,7H,5-6,13H2,(H,14,15). The number of rotatable bonds is 3. The number of hydrogen-bond acceptors (Lipinski definition) is 2. The Morgan fingerprint density at radius 1 is 1.27 bits per heavy atom. The average Bonchev–Trinajstić information content (AvgIpc) is 2.68. The zero-order chi connectivity index (χ0) is 10.7. The van der Waals surface area contributed by atoms with Crippen molar-refractivity contribution >= 4 is 22.6 Å². The summed E-state index contributed by atoms with van der Waals surface area (Å²) in [5, 5.41) is 0. The van der Waals surface area contributed by atoms with E-state index in [0.717, 1.165) is 23.5 Å². The van der Waals surface area contributed by atoms with E-state index < -0.39 is 0 Å². The Balaban J connectivity index is 2.25. The predicted octanol–water partition coefficient (Wildman–Crippen LogP) is 2.18. The molecule has 3 N–H and O–H groups in total. The first kappa shape index (κ1) is 10.6. The maximum atomic E-state index is 5.47. The highest BCUT2D eigenvalue weighted by Gasteiger charge is 2.01. The maximum absolute atomic E-state index is 5.47. The zero-order valence-corrected chi connectivity index (χ0v) is 10.4. The lowest BCUT2D eigenvalue weighted by molar-refractivity contribution is 0.895. The van der Waals surface area contributed by atoms with Gasteiger partial charge in [0.15, 0.2) is 0 Å². The van der Waals surface area contributed by atoms with Gasteiger partial charge in [-0.3, -0.25) is 0 Å². The van der Waals surface area contributed by atoms with Gasteiger partial charge >= 0.3 is 0 Å². The van der Waals surface area contributed by atoms with E-state index in [-0.39, 0.29) is 0 Å². The van der Waals surface area contributed by atoms with E-state index in [0.29, 0.717) is 6.54 Å². The summed E-state index contributed by atoms with van der Waals surface area (Å²) in [6.07, 6.45) is 2.65. The topological polar surface area (TPSA) is 54.7 Å². The molecule has 2 rings (SSSR count). The van der Waals surface area contributed by atoms with Crippen LogP contribution in [0.5, 0.6) is 0 Å². The minimum atomic E-state index is 0.625. The normalized spacial score (nSPS) is 10.5.